The summed E-state index contributed by atoms with van der Waals surface area (Å²) < 4.78 is 0. The number of phenolic OH excluding ortho intramolecular Hbond substituents is 1. The van der Waals surface area contributed by atoms with Gasteiger partial charge in [0.15, 0.2) is 0 Å². The molecule has 2 rings (SSSR count). The fourth-order valence-corrected chi connectivity index (χ4v) is 3.96. The predicted molar refractivity (Wildman–Crippen MR) is 81.4 cm³/mol. The summed E-state index contributed by atoms with van der Waals surface area (Å²) in [7, 11) is -1.09. The average Bonchev–Trinajstić information content (AvgIpc) is 2.27. The van der Waals surface area contributed by atoms with E-state index in [0.717, 1.165) is 23.8 Å². The SMILES string of the molecule is Cc1ccc(O)c(NC2=CP(O)CC(C)(C)C2)c1N. The highest BCUT2D eigenvalue weighted by Gasteiger charge is 2.28. The van der Waals surface area contributed by atoms with E-state index in [4.69, 9.17) is 5.73 Å². The van der Waals surface area contributed by atoms with Crippen molar-refractivity contribution < 1.29 is 10.00 Å². The fourth-order valence-electron chi connectivity index (χ4n) is 2.36. The molecule has 0 aromatic heterocycles. The predicted octanol–water partition coefficient (Wildman–Crippen LogP) is 3.36. The standard InChI is InChI=1S/C14H21N2O2P/c1-9-4-5-11(17)13(12(9)15)16-10-6-14(2,3)8-19(18)7-10/h4-5,7,16-18H,6,8,15H2,1-3H3. The van der Waals surface area contributed by atoms with Crippen LogP contribution in [0.2, 0.25) is 0 Å². The first-order valence-corrected chi connectivity index (χ1v) is 7.85. The minimum absolute atomic E-state index is 0.0613. The molecular weight excluding hydrogens is 259 g/mol. The molecule has 0 saturated heterocycles. The van der Waals surface area contributed by atoms with Gasteiger partial charge in [-0.05, 0) is 36.2 Å². The van der Waals surface area contributed by atoms with Crippen LogP contribution in [0, 0.1) is 12.3 Å². The Morgan fingerprint density at radius 1 is 1.37 bits per heavy atom. The number of benzene rings is 1. The summed E-state index contributed by atoms with van der Waals surface area (Å²) in [5.74, 6) is 2.00. The van der Waals surface area contributed by atoms with E-state index in [1.54, 1.807) is 12.1 Å². The Kier molecular flexibility index (Phi) is 3.75. The maximum absolute atomic E-state index is 9.94. The number of nitrogens with two attached hydrogens (primary N) is 1. The molecule has 1 aromatic carbocycles. The van der Waals surface area contributed by atoms with Gasteiger partial charge in [-0.15, -0.1) is 0 Å². The van der Waals surface area contributed by atoms with Crippen molar-refractivity contribution in [2.75, 3.05) is 17.2 Å². The summed E-state index contributed by atoms with van der Waals surface area (Å²) in [5, 5.41) is 13.1. The van der Waals surface area contributed by atoms with Gasteiger partial charge in [-0.3, -0.25) is 0 Å². The summed E-state index contributed by atoms with van der Waals surface area (Å²) in [5.41, 5.74) is 8.99. The van der Waals surface area contributed by atoms with Gasteiger partial charge in [-0.25, -0.2) is 0 Å². The summed E-state index contributed by atoms with van der Waals surface area (Å²) >= 11 is 0. The summed E-state index contributed by atoms with van der Waals surface area (Å²) in [6.45, 7) is 6.16. The minimum Gasteiger partial charge on any atom is -0.506 e. The number of phenols is 1. The van der Waals surface area contributed by atoms with Crippen molar-refractivity contribution in [3.63, 3.8) is 0 Å². The third-order valence-corrected chi connectivity index (χ3v) is 5.08. The summed E-state index contributed by atoms with van der Waals surface area (Å²) in [4.78, 5) is 9.94. The lowest BCUT2D eigenvalue weighted by molar-refractivity contribution is 0.403. The zero-order valence-electron chi connectivity index (χ0n) is 11.6. The highest BCUT2D eigenvalue weighted by atomic mass is 31.1. The van der Waals surface area contributed by atoms with Crippen LogP contribution >= 0.6 is 8.15 Å². The lowest BCUT2D eigenvalue weighted by atomic mass is 9.90. The molecule has 5 N–H and O–H groups in total. The van der Waals surface area contributed by atoms with Crippen molar-refractivity contribution in [3.05, 3.63) is 29.2 Å². The number of rotatable bonds is 2. The van der Waals surface area contributed by atoms with Gasteiger partial charge < -0.3 is 21.1 Å². The van der Waals surface area contributed by atoms with E-state index in [-0.39, 0.29) is 11.2 Å². The second-order valence-electron chi connectivity index (χ2n) is 5.91. The second-order valence-corrected chi connectivity index (χ2v) is 7.36. The number of aromatic hydroxyl groups is 1. The molecule has 1 aromatic rings. The molecule has 1 aliphatic rings. The van der Waals surface area contributed by atoms with Crippen molar-refractivity contribution in [2.45, 2.75) is 27.2 Å². The number of hydrogen-bond acceptors (Lipinski definition) is 4. The number of allylic oxidation sites excluding steroid dienone is 1. The van der Waals surface area contributed by atoms with Crippen molar-refractivity contribution in [1.82, 2.24) is 0 Å². The monoisotopic (exact) mass is 280 g/mol. The molecule has 0 radical (unpaired) electrons. The molecule has 1 atom stereocenters. The van der Waals surface area contributed by atoms with E-state index in [0.29, 0.717) is 11.4 Å². The van der Waals surface area contributed by atoms with Crippen LogP contribution in [0.5, 0.6) is 5.75 Å². The zero-order chi connectivity index (χ0) is 14.2. The van der Waals surface area contributed by atoms with Crippen LogP contribution in [0.25, 0.3) is 0 Å². The van der Waals surface area contributed by atoms with E-state index in [1.165, 1.54) is 0 Å². The Morgan fingerprint density at radius 3 is 2.68 bits per heavy atom. The van der Waals surface area contributed by atoms with E-state index in [2.05, 4.69) is 19.2 Å². The highest BCUT2D eigenvalue weighted by molar-refractivity contribution is 7.55. The number of anilines is 2. The smallest absolute Gasteiger partial charge is 0.141 e. The van der Waals surface area contributed by atoms with Crippen LogP contribution in [0.1, 0.15) is 25.8 Å². The van der Waals surface area contributed by atoms with Gasteiger partial charge in [-0.1, -0.05) is 19.9 Å². The lowest BCUT2D eigenvalue weighted by Crippen LogP contribution is -2.22. The quantitative estimate of drug-likeness (QED) is 0.380. The Morgan fingerprint density at radius 2 is 2.05 bits per heavy atom. The Bertz CT molecular complexity index is 526. The van der Waals surface area contributed by atoms with Crippen molar-refractivity contribution in [1.29, 1.82) is 0 Å². The fraction of sp³-hybridized carbons (Fsp3) is 0.429. The maximum Gasteiger partial charge on any atom is 0.141 e. The Balaban J connectivity index is 2.29. The first kappa shape index (κ1) is 14.2. The topological polar surface area (TPSA) is 78.5 Å². The van der Waals surface area contributed by atoms with Crippen LogP contribution in [0.4, 0.5) is 11.4 Å². The van der Waals surface area contributed by atoms with Gasteiger partial charge >= 0.3 is 0 Å². The average molecular weight is 280 g/mol. The Labute approximate surface area is 115 Å². The first-order chi connectivity index (χ1) is 8.78. The van der Waals surface area contributed by atoms with Gasteiger partial charge in [0.2, 0.25) is 0 Å². The number of hydrogen-bond donors (Lipinski definition) is 4. The second kappa shape index (κ2) is 5.03. The molecule has 19 heavy (non-hydrogen) atoms. The molecule has 0 bridgehead atoms. The van der Waals surface area contributed by atoms with E-state index < -0.39 is 8.15 Å². The number of nitrogen functional groups attached to an aromatic ring is 1. The molecule has 1 aliphatic heterocycles. The largest absolute Gasteiger partial charge is 0.506 e. The van der Waals surface area contributed by atoms with Crippen LogP contribution in [-0.4, -0.2) is 16.2 Å². The molecule has 0 fully saturated rings. The molecule has 0 amide bonds. The van der Waals surface area contributed by atoms with Crippen molar-refractivity contribution in [3.8, 4) is 5.75 Å². The zero-order valence-corrected chi connectivity index (χ0v) is 12.5. The van der Waals surface area contributed by atoms with Gasteiger partial charge in [0.25, 0.3) is 0 Å². The third-order valence-electron chi connectivity index (χ3n) is 3.29. The minimum atomic E-state index is -1.09. The Hall–Kier alpha value is -1.25. The molecule has 4 nitrogen and oxygen atoms in total. The van der Waals surface area contributed by atoms with Crippen LogP contribution in [0.15, 0.2) is 23.6 Å². The molecule has 1 heterocycles. The summed E-state index contributed by atoms with van der Waals surface area (Å²) in [6.07, 6.45) is 1.64. The normalized spacial score (nSPS) is 21.9. The molecule has 1 unspecified atom stereocenters. The lowest BCUT2D eigenvalue weighted by Gasteiger charge is -2.32. The molecule has 104 valence electrons. The first-order valence-electron chi connectivity index (χ1n) is 6.30. The van der Waals surface area contributed by atoms with E-state index >= 15 is 0 Å². The van der Waals surface area contributed by atoms with Gasteiger partial charge in [0, 0.05) is 11.9 Å². The molecule has 5 heteroatoms. The van der Waals surface area contributed by atoms with Crippen LogP contribution < -0.4 is 11.1 Å². The molecule has 0 spiro atoms. The van der Waals surface area contributed by atoms with Crippen LogP contribution in [-0.2, 0) is 0 Å². The van der Waals surface area contributed by atoms with Crippen LogP contribution in [0.3, 0.4) is 0 Å². The molecular formula is C14H21N2O2P. The van der Waals surface area contributed by atoms with E-state index in [1.807, 2.05) is 12.7 Å². The van der Waals surface area contributed by atoms with Gasteiger partial charge in [-0.2, -0.15) is 0 Å². The third kappa shape index (κ3) is 3.20. The van der Waals surface area contributed by atoms with Crippen molar-refractivity contribution >= 4 is 19.5 Å². The number of aryl methyl sites for hydroxylation is 1. The molecule has 0 aliphatic carbocycles. The van der Waals surface area contributed by atoms with Crippen molar-refractivity contribution in [2.24, 2.45) is 5.41 Å². The number of nitrogens with one attached hydrogen (secondary N) is 1. The van der Waals surface area contributed by atoms with Gasteiger partial charge in [0.1, 0.15) is 11.4 Å². The van der Waals surface area contributed by atoms with Gasteiger partial charge in [0.05, 0.1) is 13.8 Å². The highest BCUT2D eigenvalue weighted by Crippen LogP contribution is 2.48. The summed E-state index contributed by atoms with van der Waals surface area (Å²) in [6, 6.07) is 3.41. The maximum atomic E-state index is 9.94. The molecule has 0 saturated carbocycles. The van der Waals surface area contributed by atoms with E-state index in [9.17, 15) is 10.00 Å².